The molecule has 5 unspecified atom stereocenters. The highest BCUT2D eigenvalue weighted by molar-refractivity contribution is 7.32. The molecule has 2 heterocycles. The number of hydrogen-bond acceptors (Lipinski definition) is 8. The summed E-state index contributed by atoms with van der Waals surface area (Å²) in [6.07, 6.45) is -1.68. The van der Waals surface area contributed by atoms with Crippen molar-refractivity contribution in [3.8, 4) is 0 Å². The number of ether oxygens (including phenoxy) is 2. The molecule has 4 N–H and O–H groups in total. The maximum Gasteiger partial charge on any atom is 0.695 e. The molecule has 1 aliphatic heterocycles. The second-order valence-electron chi connectivity index (χ2n) is 4.93. The summed E-state index contributed by atoms with van der Waals surface area (Å²) in [5.41, 5.74) is 4.79. The van der Waals surface area contributed by atoms with Gasteiger partial charge in [0.1, 0.15) is 18.0 Å². The average molecular weight is 348 g/mol. The molecule has 2 rings (SSSR count). The molecule has 23 heavy (non-hydrogen) atoms. The molecule has 1 fully saturated rings. The van der Waals surface area contributed by atoms with Crippen LogP contribution >= 0.6 is 8.25 Å². The average Bonchev–Trinajstić information content (AvgIpc) is 2.82. The van der Waals surface area contributed by atoms with Crippen molar-refractivity contribution in [2.24, 2.45) is 0 Å². The first-order valence-electron chi connectivity index (χ1n) is 7.03. The van der Waals surface area contributed by atoms with Gasteiger partial charge in [-0.1, -0.05) is 6.92 Å². The van der Waals surface area contributed by atoms with Gasteiger partial charge in [0.05, 0.1) is 6.61 Å². The molecule has 1 aromatic rings. The second-order valence-corrected chi connectivity index (χ2v) is 5.62. The number of hydrogen-bond donors (Lipinski definition) is 3. The number of anilines is 1. The summed E-state index contributed by atoms with van der Waals surface area (Å²) >= 11 is 0. The quantitative estimate of drug-likeness (QED) is 0.557. The van der Waals surface area contributed by atoms with Crippen LogP contribution in [0, 0.1) is 0 Å². The summed E-state index contributed by atoms with van der Waals surface area (Å²) in [5, 5.41) is 9.41. The molecule has 0 aromatic carbocycles. The molecule has 0 amide bonds. The highest BCUT2D eigenvalue weighted by Gasteiger charge is 2.51. The maximum absolute atomic E-state index is 12.0. The monoisotopic (exact) mass is 348 g/mol. The van der Waals surface area contributed by atoms with Crippen molar-refractivity contribution in [1.29, 1.82) is 0 Å². The molecule has 0 aliphatic carbocycles. The van der Waals surface area contributed by atoms with Gasteiger partial charge in [-0.15, -0.1) is 9.42 Å². The van der Waals surface area contributed by atoms with E-state index in [2.05, 4.69) is 4.98 Å². The van der Waals surface area contributed by atoms with Gasteiger partial charge in [0.2, 0.25) is 0 Å². The minimum absolute atomic E-state index is 0.0558. The smallest absolute Gasteiger partial charge is 0.394 e. The zero-order valence-corrected chi connectivity index (χ0v) is 13.3. The standard InChI is InChI=1S/C12H18N3O7P/c1-2-5-20-10-9(22-23(18)19)7(6-16)21-11(10)15-4-3-8(13)14-12(15)17/h3-4,7,9-11,16H,2,5-6H2,1H3,(H2-,13,14,17,18,19)/p+1. The normalized spacial score (nSPS) is 28.0. The summed E-state index contributed by atoms with van der Waals surface area (Å²) in [6.45, 7) is 1.74. The minimum Gasteiger partial charge on any atom is -0.394 e. The number of rotatable bonds is 7. The summed E-state index contributed by atoms with van der Waals surface area (Å²) in [5.74, 6) is 0.0558. The van der Waals surface area contributed by atoms with E-state index in [9.17, 15) is 14.5 Å². The fourth-order valence-electron chi connectivity index (χ4n) is 2.36. The Bertz CT molecular complexity index is 611. The van der Waals surface area contributed by atoms with Gasteiger partial charge in [-0.3, -0.25) is 4.57 Å². The molecule has 0 spiro atoms. The van der Waals surface area contributed by atoms with Crippen molar-refractivity contribution >= 4 is 14.1 Å². The molecular weight excluding hydrogens is 329 g/mol. The van der Waals surface area contributed by atoms with Gasteiger partial charge < -0.3 is 20.3 Å². The molecule has 10 nitrogen and oxygen atoms in total. The molecule has 1 saturated heterocycles. The van der Waals surface area contributed by atoms with E-state index in [1.54, 1.807) is 0 Å². The van der Waals surface area contributed by atoms with Gasteiger partial charge in [-0.25, -0.2) is 4.79 Å². The molecule has 128 valence electrons. The second kappa shape index (κ2) is 7.91. The summed E-state index contributed by atoms with van der Waals surface area (Å²) < 4.78 is 28.3. The van der Waals surface area contributed by atoms with Crippen LogP contribution in [0.2, 0.25) is 0 Å². The Morgan fingerprint density at radius 1 is 1.52 bits per heavy atom. The van der Waals surface area contributed by atoms with Crippen LogP contribution in [0.25, 0.3) is 0 Å². The third-order valence-electron chi connectivity index (χ3n) is 3.32. The van der Waals surface area contributed by atoms with Crippen LogP contribution in [0.1, 0.15) is 19.6 Å². The van der Waals surface area contributed by atoms with E-state index in [-0.39, 0.29) is 5.82 Å². The molecular formula is C12H19N3O7P+. The van der Waals surface area contributed by atoms with Crippen molar-refractivity contribution in [1.82, 2.24) is 9.55 Å². The highest BCUT2D eigenvalue weighted by atomic mass is 31.1. The highest BCUT2D eigenvalue weighted by Crippen LogP contribution is 2.37. The van der Waals surface area contributed by atoms with Crippen LogP contribution in [0.4, 0.5) is 5.82 Å². The van der Waals surface area contributed by atoms with E-state index < -0.39 is 45.1 Å². The molecule has 5 atom stereocenters. The Balaban J connectivity index is 2.35. The first kappa shape index (κ1) is 17.9. The summed E-state index contributed by atoms with van der Waals surface area (Å²) in [4.78, 5) is 24.6. The Hall–Kier alpha value is -1.42. The molecule has 1 aromatic heterocycles. The molecule has 11 heteroatoms. The van der Waals surface area contributed by atoms with E-state index in [0.717, 1.165) is 4.57 Å². The van der Waals surface area contributed by atoms with Gasteiger partial charge in [0.15, 0.2) is 12.3 Å². The van der Waals surface area contributed by atoms with Crippen molar-refractivity contribution < 1.29 is 28.6 Å². The zero-order valence-electron chi connectivity index (χ0n) is 12.4. The number of nitrogen functional groups attached to an aromatic ring is 1. The lowest BCUT2D eigenvalue weighted by molar-refractivity contribution is -0.0736. The topological polar surface area (TPSA) is 146 Å². The van der Waals surface area contributed by atoms with Crippen molar-refractivity contribution in [2.75, 3.05) is 18.9 Å². The summed E-state index contributed by atoms with van der Waals surface area (Å²) in [7, 11) is -2.93. The van der Waals surface area contributed by atoms with Gasteiger partial charge >= 0.3 is 13.9 Å². The third kappa shape index (κ3) is 4.11. The SMILES string of the molecule is CCCOC1C(O[P+](=O)O)C(CO)OC1n1ccc(N)nc1=O. The van der Waals surface area contributed by atoms with E-state index in [4.69, 9.17) is 24.6 Å². The Kier molecular flexibility index (Phi) is 6.17. The van der Waals surface area contributed by atoms with E-state index >= 15 is 0 Å². The molecule has 0 radical (unpaired) electrons. The zero-order chi connectivity index (χ0) is 17.0. The molecule has 0 saturated carbocycles. The van der Waals surface area contributed by atoms with Gasteiger partial charge in [-0.05, 0) is 12.5 Å². The predicted octanol–water partition coefficient (Wildman–Crippen LogP) is -0.455. The van der Waals surface area contributed by atoms with Crippen LogP contribution in [0.5, 0.6) is 0 Å². The number of aliphatic hydroxyl groups excluding tert-OH is 1. The Morgan fingerprint density at radius 3 is 2.83 bits per heavy atom. The van der Waals surface area contributed by atoms with Crippen molar-refractivity contribution in [3.63, 3.8) is 0 Å². The Labute approximate surface area is 132 Å². The van der Waals surface area contributed by atoms with E-state index in [1.807, 2.05) is 6.92 Å². The third-order valence-corrected chi connectivity index (χ3v) is 3.74. The molecule has 0 bridgehead atoms. The maximum atomic E-state index is 12.0. The summed E-state index contributed by atoms with van der Waals surface area (Å²) in [6, 6.07) is 1.41. The van der Waals surface area contributed by atoms with Gasteiger partial charge in [0, 0.05) is 17.4 Å². The predicted molar refractivity (Wildman–Crippen MR) is 78.6 cm³/mol. The van der Waals surface area contributed by atoms with Crippen LogP contribution in [0.15, 0.2) is 17.1 Å². The first-order valence-corrected chi connectivity index (χ1v) is 8.16. The largest absolute Gasteiger partial charge is 0.695 e. The molecule has 1 aliphatic rings. The number of aromatic nitrogens is 2. The van der Waals surface area contributed by atoms with Crippen LogP contribution in [-0.4, -0.2) is 51.1 Å². The van der Waals surface area contributed by atoms with Crippen molar-refractivity contribution in [2.45, 2.75) is 37.9 Å². The van der Waals surface area contributed by atoms with Crippen LogP contribution in [0.3, 0.4) is 0 Å². The van der Waals surface area contributed by atoms with Crippen molar-refractivity contribution in [3.05, 3.63) is 22.7 Å². The lowest BCUT2D eigenvalue weighted by Gasteiger charge is -2.21. The van der Waals surface area contributed by atoms with E-state index in [1.165, 1.54) is 12.3 Å². The van der Waals surface area contributed by atoms with E-state index in [0.29, 0.717) is 13.0 Å². The number of nitrogens with zero attached hydrogens (tertiary/aromatic N) is 2. The first-order chi connectivity index (χ1) is 11.0. The van der Waals surface area contributed by atoms with Gasteiger partial charge in [0.25, 0.3) is 0 Å². The van der Waals surface area contributed by atoms with Crippen LogP contribution in [-0.2, 0) is 18.6 Å². The van der Waals surface area contributed by atoms with Crippen LogP contribution < -0.4 is 11.4 Å². The number of nitrogens with two attached hydrogens (primary N) is 1. The Morgan fingerprint density at radius 2 is 2.26 bits per heavy atom. The fraction of sp³-hybridized carbons (Fsp3) is 0.667. The minimum atomic E-state index is -2.93. The number of aliphatic hydroxyl groups is 1. The lowest BCUT2D eigenvalue weighted by Crippen LogP contribution is -2.39. The fourth-order valence-corrected chi connectivity index (χ4v) is 2.83. The lowest BCUT2D eigenvalue weighted by atomic mass is 10.1. The van der Waals surface area contributed by atoms with Gasteiger partial charge in [-0.2, -0.15) is 4.98 Å².